The Labute approximate surface area is 119 Å². The maximum atomic E-state index is 12.1. The number of nitrogens with one attached hydrogen (secondary N) is 1. The molecule has 0 spiro atoms. The van der Waals surface area contributed by atoms with Gasteiger partial charge in [-0.15, -0.1) is 0 Å². The summed E-state index contributed by atoms with van der Waals surface area (Å²) in [5, 5.41) is 7.88. The third-order valence-electron chi connectivity index (χ3n) is 2.96. The van der Waals surface area contributed by atoms with Gasteiger partial charge in [0.25, 0.3) is 5.91 Å². The van der Waals surface area contributed by atoms with E-state index in [0.717, 1.165) is 6.42 Å². The van der Waals surface area contributed by atoms with Crippen LogP contribution in [0.25, 0.3) is 0 Å². The van der Waals surface area contributed by atoms with E-state index in [2.05, 4.69) is 5.32 Å². The summed E-state index contributed by atoms with van der Waals surface area (Å²) in [4.78, 5) is 12.0. The van der Waals surface area contributed by atoms with E-state index in [9.17, 15) is 13.2 Å². The van der Waals surface area contributed by atoms with Gasteiger partial charge in [0.15, 0.2) is 0 Å². The second-order valence-electron chi connectivity index (χ2n) is 4.58. The molecule has 0 bridgehead atoms. The van der Waals surface area contributed by atoms with Gasteiger partial charge >= 0.3 is 0 Å². The SMILES string of the molecule is CCC(C)NC(=O)c1cc(S(N)(=O)=O)cn1CCOC. The fourth-order valence-electron chi connectivity index (χ4n) is 1.60. The van der Waals surface area contributed by atoms with Crippen LogP contribution in [0.2, 0.25) is 0 Å². The molecule has 0 aliphatic carbocycles. The van der Waals surface area contributed by atoms with Gasteiger partial charge in [-0.25, -0.2) is 13.6 Å². The van der Waals surface area contributed by atoms with Crippen molar-refractivity contribution in [1.82, 2.24) is 9.88 Å². The van der Waals surface area contributed by atoms with Crippen LogP contribution in [0.5, 0.6) is 0 Å². The highest BCUT2D eigenvalue weighted by Crippen LogP contribution is 2.13. The Morgan fingerprint density at radius 1 is 1.55 bits per heavy atom. The van der Waals surface area contributed by atoms with E-state index < -0.39 is 10.0 Å². The Hall–Kier alpha value is -1.38. The molecule has 1 atom stereocenters. The van der Waals surface area contributed by atoms with Gasteiger partial charge in [-0.05, 0) is 19.4 Å². The molecule has 3 N–H and O–H groups in total. The molecular formula is C12H21N3O4S. The molecule has 0 aromatic carbocycles. The van der Waals surface area contributed by atoms with Gasteiger partial charge in [0.05, 0.1) is 6.61 Å². The average molecular weight is 303 g/mol. The molecule has 0 saturated heterocycles. The first-order valence-electron chi connectivity index (χ1n) is 6.32. The van der Waals surface area contributed by atoms with E-state index in [1.54, 1.807) is 0 Å². The van der Waals surface area contributed by atoms with E-state index in [-0.39, 0.29) is 22.5 Å². The third kappa shape index (κ3) is 4.32. The summed E-state index contributed by atoms with van der Waals surface area (Å²) < 4.78 is 29.2. The Kier molecular flexibility index (Phi) is 5.73. The molecule has 1 heterocycles. The van der Waals surface area contributed by atoms with Crippen LogP contribution in [0.1, 0.15) is 30.8 Å². The molecule has 0 saturated carbocycles. The minimum Gasteiger partial charge on any atom is -0.383 e. The largest absolute Gasteiger partial charge is 0.383 e. The highest BCUT2D eigenvalue weighted by molar-refractivity contribution is 7.89. The van der Waals surface area contributed by atoms with Crippen LogP contribution in [0, 0.1) is 0 Å². The second-order valence-corrected chi connectivity index (χ2v) is 6.14. The van der Waals surface area contributed by atoms with Gasteiger partial charge in [-0.3, -0.25) is 4.79 Å². The van der Waals surface area contributed by atoms with Crippen molar-refractivity contribution in [3.63, 3.8) is 0 Å². The Balaban J connectivity index is 3.08. The molecule has 1 amide bonds. The summed E-state index contributed by atoms with van der Waals surface area (Å²) in [6, 6.07) is 1.29. The fourth-order valence-corrected chi connectivity index (χ4v) is 2.15. The number of primary sulfonamides is 1. The first-order chi connectivity index (χ1) is 9.29. The lowest BCUT2D eigenvalue weighted by Gasteiger charge is -2.13. The molecule has 0 aliphatic rings. The standard InChI is InChI=1S/C12H21N3O4S/c1-4-9(2)14-12(16)11-7-10(20(13,17)18)8-15(11)5-6-19-3/h7-9H,4-6H2,1-3H3,(H,14,16)(H2,13,17,18). The smallest absolute Gasteiger partial charge is 0.268 e. The van der Waals surface area contributed by atoms with Crippen LogP contribution in [-0.2, 0) is 21.3 Å². The lowest BCUT2D eigenvalue weighted by molar-refractivity contribution is 0.0927. The van der Waals surface area contributed by atoms with Crippen molar-refractivity contribution in [2.75, 3.05) is 13.7 Å². The van der Waals surface area contributed by atoms with Gasteiger partial charge in [-0.1, -0.05) is 6.92 Å². The fraction of sp³-hybridized carbons (Fsp3) is 0.583. The van der Waals surface area contributed by atoms with Crippen molar-refractivity contribution in [2.45, 2.75) is 37.8 Å². The monoisotopic (exact) mass is 303 g/mol. The first kappa shape index (κ1) is 16.7. The van der Waals surface area contributed by atoms with Crippen molar-refractivity contribution in [3.05, 3.63) is 18.0 Å². The molecule has 1 aromatic heterocycles. The number of hydrogen-bond donors (Lipinski definition) is 2. The van der Waals surface area contributed by atoms with Crippen molar-refractivity contribution in [2.24, 2.45) is 5.14 Å². The number of nitrogens with two attached hydrogens (primary N) is 1. The molecule has 1 unspecified atom stereocenters. The highest BCUT2D eigenvalue weighted by atomic mass is 32.2. The van der Waals surface area contributed by atoms with Crippen LogP contribution in [0.4, 0.5) is 0 Å². The predicted octanol–water partition coefficient (Wildman–Crippen LogP) is 0.310. The number of methoxy groups -OCH3 is 1. The van der Waals surface area contributed by atoms with Gasteiger partial charge < -0.3 is 14.6 Å². The number of amides is 1. The molecular weight excluding hydrogens is 282 g/mol. The topological polar surface area (TPSA) is 103 Å². The second kappa shape index (κ2) is 6.87. The Bertz CT molecular complexity index is 565. The zero-order chi connectivity index (χ0) is 15.3. The van der Waals surface area contributed by atoms with Gasteiger partial charge in [0, 0.05) is 25.9 Å². The highest BCUT2D eigenvalue weighted by Gasteiger charge is 2.19. The minimum atomic E-state index is -3.84. The summed E-state index contributed by atoms with van der Waals surface area (Å²) in [6.45, 7) is 4.56. The van der Waals surface area contributed by atoms with E-state index in [1.807, 2.05) is 13.8 Å². The number of nitrogens with zero attached hydrogens (tertiary/aromatic N) is 1. The summed E-state index contributed by atoms with van der Waals surface area (Å²) in [7, 11) is -2.31. The number of rotatable bonds is 7. The number of sulfonamides is 1. The summed E-state index contributed by atoms with van der Waals surface area (Å²) in [5.74, 6) is -0.328. The average Bonchev–Trinajstić information content (AvgIpc) is 2.80. The summed E-state index contributed by atoms with van der Waals surface area (Å²) in [6.07, 6.45) is 2.13. The normalized spacial score (nSPS) is 13.2. The van der Waals surface area contributed by atoms with Crippen LogP contribution >= 0.6 is 0 Å². The van der Waals surface area contributed by atoms with Crippen LogP contribution < -0.4 is 10.5 Å². The zero-order valence-electron chi connectivity index (χ0n) is 11.9. The Morgan fingerprint density at radius 3 is 2.70 bits per heavy atom. The summed E-state index contributed by atoms with van der Waals surface area (Å²) in [5.41, 5.74) is 0.256. The van der Waals surface area contributed by atoms with Crippen molar-refractivity contribution >= 4 is 15.9 Å². The number of aromatic nitrogens is 1. The molecule has 1 aromatic rings. The molecule has 8 heteroatoms. The van der Waals surface area contributed by atoms with E-state index in [1.165, 1.54) is 23.9 Å². The van der Waals surface area contributed by atoms with E-state index in [0.29, 0.717) is 13.2 Å². The maximum absolute atomic E-state index is 12.1. The molecule has 0 aliphatic heterocycles. The van der Waals surface area contributed by atoms with E-state index in [4.69, 9.17) is 9.88 Å². The molecule has 0 radical (unpaired) electrons. The van der Waals surface area contributed by atoms with Crippen molar-refractivity contribution in [3.8, 4) is 0 Å². The minimum absolute atomic E-state index is 0.00575. The Morgan fingerprint density at radius 2 is 2.20 bits per heavy atom. The predicted molar refractivity (Wildman–Crippen MR) is 74.9 cm³/mol. The molecule has 7 nitrogen and oxygen atoms in total. The van der Waals surface area contributed by atoms with Crippen molar-refractivity contribution in [1.29, 1.82) is 0 Å². The molecule has 114 valence electrons. The van der Waals surface area contributed by atoms with Crippen LogP contribution in [0.3, 0.4) is 0 Å². The van der Waals surface area contributed by atoms with Crippen LogP contribution in [-0.4, -0.2) is 38.7 Å². The van der Waals surface area contributed by atoms with Gasteiger partial charge in [0.2, 0.25) is 10.0 Å². The quantitative estimate of drug-likeness (QED) is 0.756. The maximum Gasteiger partial charge on any atom is 0.268 e. The summed E-state index contributed by atoms with van der Waals surface area (Å²) >= 11 is 0. The molecule has 20 heavy (non-hydrogen) atoms. The van der Waals surface area contributed by atoms with E-state index >= 15 is 0 Å². The van der Waals surface area contributed by atoms with Crippen LogP contribution in [0.15, 0.2) is 17.2 Å². The zero-order valence-corrected chi connectivity index (χ0v) is 12.7. The molecule has 0 fully saturated rings. The number of ether oxygens (including phenoxy) is 1. The third-order valence-corrected chi connectivity index (χ3v) is 3.84. The number of hydrogen-bond acceptors (Lipinski definition) is 4. The first-order valence-corrected chi connectivity index (χ1v) is 7.87. The van der Waals surface area contributed by atoms with Gasteiger partial charge in [0.1, 0.15) is 10.6 Å². The van der Waals surface area contributed by atoms with Gasteiger partial charge in [-0.2, -0.15) is 0 Å². The number of carbonyl (C=O) groups excluding carboxylic acids is 1. The lowest BCUT2D eigenvalue weighted by Crippen LogP contribution is -2.33. The van der Waals surface area contributed by atoms with Crippen molar-refractivity contribution < 1.29 is 17.9 Å². The number of carbonyl (C=O) groups is 1. The lowest BCUT2D eigenvalue weighted by atomic mass is 10.2. The molecule has 1 rings (SSSR count).